The number of Topliss-reactive ketones (excluding diaryl/α,β-unsaturated/α-hetero) is 1. The Bertz CT molecular complexity index is 850. The molecule has 1 atom stereocenters. The number of ketones is 1. The molecule has 0 radical (unpaired) electrons. The van der Waals surface area contributed by atoms with E-state index < -0.39 is 5.92 Å². The van der Waals surface area contributed by atoms with E-state index in [0.717, 1.165) is 17.1 Å². The second-order valence-corrected chi connectivity index (χ2v) is 8.27. The first-order chi connectivity index (χ1) is 13.3. The highest BCUT2D eigenvalue weighted by molar-refractivity contribution is 5.98. The Hall–Kier alpha value is -2.47. The molecule has 1 aromatic carbocycles. The summed E-state index contributed by atoms with van der Waals surface area (Å²) in [5.74, 6) is 0.176. The molecule has 28 heavy (non-hydrogen) atoms. The molecular formula is C22H29N3O3. The summed E-state index contributed by atoms with van der Waals surface area (Å²) in [4.78, 5) is 30.4. The maximum Gasteiger partial charge on any atom is 0.223 e. The number of hydrogen-bond donors (Lipinski definition) is 1. The number of hydrogen-bond acceptors (Lipinski definition) is 4. The van der Waals surface area contributed by atoms with Crippen LogP contribution in [0, 0.1) is 11.3 Å². The van der Waals surface area contributed by atoms with E-state index in [2.05, 4.69) is 9.88 Å². The number of nitrogens with zero attached hydrogens (tertiary/aromatic N) is 2. The van der Waals surface area contributed by atoms with Crippen LogP contribution in [0.4, 0.5) is 0 Å². The van der Waals surface area contributed by atoms with Gasteiger partial charge in [0.2, 0.25) is 5.91 Å². The van der Waals surface area contributed by atoms with Crippen LogP contribution in [0.2, 0.25) is 0 Å². The van der Waals surface area contributed by atoms with Crippen molar-refractivity contribution in [3.63, 3.8) is 0 Å². The van der Waals surface area contributed by atoms with Gasteiger partial charge in [-0.1, -0.05) is 51.1 Å². The van der Waals surface area contributed by atoms with Crippen LogP contribution in [0.5, 0.6) is 0 Å². The van der Waals surface area contributed by atoms with Crippen LogP contribution in [-0.2, 0) is 22.5 Å². The molecule has 0 saturated heterocycles. The Balaban J connectivity index is 2.00. The maximum absolute atomic E-state index is 13.3. The fourth-order valence-corrected chi connectivity index (χ4v) is 3.69. The van der Waals surface area contributed by atoms with Crippen LogP contribution >= 0.6 is 0 Å². The van der Waals surface area contributed by atoms with Crippen LogP contribution < -0.4 is 5.32 Å². The van der Waals surface area contributed by atoms with Gasteiger partial charge in [0.1, 0.15) is 11.5 Å². The molecule has 0 unspecified atom stereocenters. The number of carbonyl (C=O) groups excluding carboxylic acids is 2. The lowest BCUT2D eigenvalue weighted by Gasteiger charge is -2.28. The molecule has 0 spiro atoms. The largest absolute Gasteiger partial charge is 0.379 e. The first-order valence-electron chi connectivity index (χ1n) is 9.80. The van der Waals surface area contributed by atoms with E-state index in [4.69, 9.17) is 9.72 Å². The topological polar surface area (TPSA) is 73.2 Å². The molecule has 0 aliphatic carbocycles. The molecule has 3 rings (SSSR count). The predicted molar refractivity (Wildman–Crippen MR) is 108 cm³/mol. The number of aromatic nitrogens is 2. The van der Waals surface area contributed by atoms with Crippen LogP contribution in [0.3, 0.4) is 0 Å². The van der Waals surface area contributed by atoms with Gasteiger partial charge in [0, 0.05) is 32.0 Å². The van der Waals surface area contributed by atoms with E-state index >= 15 is 0 Å². The van der Waals surface area contributed by atoms with Gasteiger partial charge < -0.3 is 14.6 Å². The van der Waals surface area contributed by atoms with E-state index in [0.29, 0.717) is 31.9 Å². The minimum Gasteiger partial charge on any atom is -0.379 e. The third kappa shape index (κ3) is 4.17. The summed E-state index contributed by atoms with van der Waals surface area (Å²) < 4.78 is 7.73. The van der Waals surface area contributed by atoms with Crippen molar-refractivity contribution in [1.82, 2.24) is 14.9 Å². The van der Waals surface area contributed by atoms with Gasteiger partial charge in [0.15, 0.2) is 5.78 Å². The third-order valence-corrected chi connectivity index (χ3v) is 5.31. The Morgan fingerprint density at radius 2 is 1.93 bits per heavy atom. The maximum atomic E-state index is 13.3. The fraction of sp³-hybridized carbons (Fsp3) is 0.500. The molecule has 2 heterocycles. The summed E-state index contributed by atoms with van der Waals surface area (Å²) in [6.07, 6.45) is 0.781. The van der Waals surface area contributed by atoms with Crippen LogP contribution in [0.15, 0.2) is 30.3 Å². The molecular weight excluding hydrogens is 354 g/mol. The van der Waals surface area contributed by atoms with Crippen molar-refractivity contribution >= 4 is 11.7 Å². The summed E-state index contributed by atoms with van der Waals surface area (Å²) in [6.45, 7) is 7.78. The molecule has 1 aliphatic rings. The average molecular weight is 383 g/mol. The zero-order chi connectivity index (χ0) is 20.3. The Kier molecular flexibility index (Phi) is 5.98. The SMILES string of the molecule is CNC(=O)[C@@H](CC(=O)c1nc(-c2ccccc2)n2c1CCOCC2)C(C)(C)C. The van der Waals surface area contributed by atoms with E-state index in [-0.39, 0.29) is 23.5 Å². The summed E-state index contributed by atoms with van der Waals surface area (Å²) in [6, 6.07) is 9.89. The second kappa shape index (κ2) is 8.27. The van der Waals surface area contributed by atoms with Crippen LogP contribution in [0.1, 0.15) is 43.4 Å². The lowest BCUT2D eigenvalue weighted by Crippen LogP contribution is -2.37. The first-order valence-corrected chi connectivity index (χ1v) is 9.80. The highest BCUT2D eigenvalue weighted by Gasteiger charge is 2.35. The van der Waals surface area contributed by atoms with Gasteiger partial charge in [-0.3, -0.25) is 9.59 Å². The van der Waals surface area contributed by atoms with Crippen molar-refractivity contribution in [1.29, 1.82) is 0 Å². The second-order valence-electron chi connectivity index (χ2n) is 8.27. The predicted octanol–water partition coefficient (Wildman–Crippen LogP) is 3.10. The highest BCUT2D eigenvalue weighted by atomic mass is 16.5. The minimum atomic E-state index is -0.412. The monoisotopic (exact) mass is 383 g/mol. The van der Waals surface area contributed by atoms with Gasteiger partial charge in [-0.25, -0.2) is 4.98 Å². The number of fused-ring (bicyclic) bond motifs is 1. The summed E-state index contributed by atoms with van der Waals surface area (Å²) in [7, 11) is 1.61. The van der Waals surface area contributed by atoms with Crippen molar-refractivity contribution in [2.45, 2.75) is 40.2 Å². The number of nitrogens with one attached hydrogen (secondary N) is 1. The Morgan fingerprint density at radius 3 is 2.57 bits per heavy atom. The molecule has 1 N–H and O–H groups in total. The van der Waals surface area contributed by atoms with Crippen molar-refractivity contribution in [2.75, 3.05) is 20.3 Å². The van der Waals surface area contributed by atoms with E-state index in [1.54, 1.807) is 7.05 Å². The van der Waals surface area contributed by atoms with Crippen LogP contribution in [0.25, 0.3) is 11.4 Å². The molecule has 6 heteroatoms. The molecule has 6 nitrogen and oxygen atoms in total. The van der Waals surface area contributed by atoms with Crippen LogP contribution in [-0.4, -0.2) is 41.5 Å². The zero-order valence-corrected chi connectivity index (χ0v) is 17.1. The lowest BCUT2D eigenvalue weighted by molar-refractivity contribution is -0.127. The number of ether oxygens (including phenoxy) is 1. The van der Waals surface area contributed by atoms with Gasteiger partial charge in [0.05, 0.1) is 24.8 Å². The normalized spacial score (nSPS) is 15.4. The van der Waals surface area contributed by atoms with Gasteiger partial charge in [-0.2, -0.15) is 0 Å². The van der Waals surface area contributed by atoms with Crippen molar-refractivity contribution in [3.05, 3.63) is 41.7 Å². The Labute approximate surface area is 166 Å². The molecule has 150 valence electrons. The first kappa shape index (κ1) is 20.3. The smallest absolute Gasteiger partial charge is 0.223 e. The quantitative estimate of drug-likeness (QED) is 0.805. The summed E-state index contributed by atoms with van der Waals surface area (Å²) >= 11 is 0. The zero-order valence-electron chi connectivity index (χ0n) is 17.1. The van der Waals surface area contributed by atoms with Crippen molar-refractivity contribution in [3.8, 4) is 11.4 Å². The van der Waals surface area contributed by atoms with Gasteiger partial charge >= 0.3 is 0 Å². The van der Waals surface area contributed by atoms with E-state index in [1.165, 1.54) is 0 Å². The molecule has 0 bridgehead atoms. The number of imidazole rings is 1. The van der Waals surface area contributed by atoms with E-state index in [9.17, 15) is 9.59 Å². The highest BCUT2D eigenvalue weighted by Crippen LogP contribution is 2.32. The molecule has 0 fully saturated rings. The third-order valence-electron chi connectivity index (χ3n) is 5.31. The summed E-state index contributed by atoms with van der Waals surface area (Å²) in [5.41, 5.74) is 2.04. The number of rotatable bonds is 5. The molecule has 1 amide bonds. The summed E-state index contributed by atoms with van der Waals surface area (Å²) in [5, 5.41) is 2.70. The van der Waals surface area contributed by atoms with Gasteiger partial charge in [-0.05, 0) is 5.41 Å². The molecule has 0 saturated carbocycles. The standard InChI is InChI=1S/C22H29N3O3/c1-22(2,3)16(21(27)23-4)14-18(26)19-17-10-12-28-13-11-25(17)20(24-19)15-8-6-5-7-9-15/h5-9,16H,10-14H2,1-4H3,(H,23,27)/t16-/m1/s1. The van der Waals surface area contributed by atoms with E-state index in [1.807, 2.05) is 51.1 Å². The lowest BCUT2D eigenvalue weighted by atomic mass is 9.77. The van der Waals surface area contributed by atoms with Crippen molar-refractivity contribution < 1.29 is 14.3 Å². The van der Waals surface area contributed by atoms with Gasteiger partial charge in [-0.15, -0.1) is 0 Å². The Morgan fingerprint density at radius 1 is 1.21 bits per heavy atom. The van der Waals surface area contributed by atoms with Gasteiger partial charge in [0.25, 0.3) is 0 Å². The number of carbonyl (C=O) groups is 2. The van der Waals surface area contributed by atoms with Crippen molar-refractivity contribution in [2.24, 2.45) is 11.3 Å². The fourth-order valence-electron chi connectivity index (χ4n) is 3.69. The molecule has 1 aliphatic heterocycles. The molecule has 1 aromatic heterocycles. The average Bonchev–Trinajstić information content (AvgIpc) is 2.86. The minimum absolute atomic E-state index is 0.0867. The molecule has 2 aromatic rings. The number of amides is 1. The number of benzene rings is 1.